The molecule has 1 fully saturated rings. The normalized spacial score (nSPS) is 21.8. The largest absolute Gasteiger partial charge is 0.497 e. The zero-order valence-corrected chi connectivity index (χ0v) is 13.0. The standard InChI is InChI=1S/C17H26N2O2/c1-18-14-6-8-15(9-7-14)19-17(20)12-5-13-3-10-16(21-2)11-4-13/h3-4,10-11,14-15,18H,5-9,12H2,1-2H3,(H,19,20). The monoisotopic (exact) mass is 290 g/mol. The van der Waals surface area contributed by atoms with E-state index in [1.54, 1.807) is 7.11 Å². The highest BCUT2D eigenvalue weighted by Gasteiger charge is 2.20. The Morgan fingerprint density at radius 1 is 1.14 bits per heavy atom. The van der Waals surface area contributed by atoms with Crippen molar-refractivity contribution in [2.45, 2.75) is 50.6 Å². The van der Waals surface area contributed by atoms with Crippen molar-refractivity contribution < 1.29 is 9.53 Å². The highest BCUT2D eigenvalue weighted by Crippen LogP contribution is 2.18. The van der Waals surface area contributed by atoms with Crippen molar-refractivity contribution in [2.75, 3.05) is 14.2 Å². The molecule has 1 aliphatic carbocycles. The van der Waals surface area contributed by atoms with Gasteiger partial charge in [0, 0.05) is 18.5 Å². The lowest BCUT2D eigenvalue weighted by molar-refractivity contribution is -0.122. The first kappa shape index (κ1) is 15.8. The summed E-state index contributed by atoms with van der Waals surface area (Å²) >= 11 is 0. The van der Waals surface area contributed by atoms with Gasteiger partial charge in [0.25, 0.3) is 0 Å². The Balaban J connectivity index is 1.69. The van der Waals surface area contributed by atoms with Crippen LogP contribution in [-0.4, -0.2) is 32.1 Å². The highest BCUT2D eigenvalue weighted by atomic mass is 16.5. The fourth-order valence-corrected chi connectivity index (χ4v) is 2.88. The molecule has 1 aromatic rings. The van der Waals surface area contributed by atoms with Crippen LogP contribution in [0.5, 0.6) is 5.75 Å². The second-order valence-electron chi connectivity index (χ2n) is 5.75. The van der Waals surface area contributed by atoms with E-state index in [1.807, 2.05) is 31.3 Å². The molecule has 2 N–H and O–H groups in total. The molecule has 0 aliphatic heterocycles. The van der Waals surface area contributed by atoms with Gasteiger partial charge in [-0.1, -0.05) is 12.1 Å². The van der Waals surface area contributed by atoms with Crippen molar-refractivity contribution in [1.82, 2.24) is 10.6 Å². The van der Waals surface area contributed by atoms with Crippen LogP contribution in [-0.2, 0) is 11.2 Å². The minimum atomic E-state index is 0.165. The van der Waals surface area contributed by atoms with E-state index in [0.717, 1.165) is 37.9 Å². The summed E-state index contributed by atoms with van der Waals surface area (Å²) in [7, 11) is 3.67. The van der Waals surface area contributed by atoms with E-state index in [0.29, 0.717) is 18.5 Å². The molecule has 116 valence electrons. The van der Waals surface area contributed by atoms with Crippen molar-refractivity contribution in [3.63, 3.8) is 0 Å². The second kappa shape index (κ2) is 8.03. The molecular weight excluding hydrogens is 264 g/mol. The predicted molar refractivity (Wildman–Crippen MR) is 84.6 cm³/mol. The molecule has 2 rings (SSSR count). The Kier molecular flexibility index (Phi) is 6.05. The number of aryl methyl sites for hydroxylation is 1. The van der Waals surface area contributed by atoms with Crippen LogP contribution in [0.2, 0.25) is 0 Å². The Labute approximate surface area is 127 Å². The Bertz CT molecular complexity index is 437. The maximum atomic E-state index is 12.0. The van der Waals surface area contributed by atoms with E-state index in [-0.39, 0.29) is 5.91 Å². The van der Waals surface area contributed by atoms with Gasteiger partial charge >= 0.3 is 0 Å². The molecule has 0 atom stereocenters. The molecule has 21 heavy (non-hydrogen) atoms. The number of hydrogen-bond acceptors (Lipinski definition) is 3. The van der Waals surface area contributed by atoms with Crippen LogP contribution in [0.1, 0.15) is 37.7 Å². The number of hydrogen-bond donors (Lipinski definition) is 2. The minimum Gasteiger partial charge on any atom is -0.497 e. The zero-order valence-electron chi connectivity index (χ0n) is 13.0. The molecule has 0 radical (unpaired) electrons. The molecular formula is C17H26N2O2. The molecule has 4 heteroatoms. The van der Waals surface area contributed by atoms with Crippen LogP contribution in [0.25, 0.3) is 0 Å². The van der Waals surface area contributed by atoms with E-state index in [1.165, 1.54) is 5.56 Å². The first-order valence-corrected chi connectivity index (χ1v) is 7.81. The fourth-order valence-electron chi connectivity index (χ4n) is 2.88. The van der Waals surface area contributed by atoms with Crippen molar-refractivity contribution in [3.05, 3.63) is 29.8 Å². The van der Waals surface area contributed by atoms with Crippen LogP contribution in [0.15, 0.2) is 24.3 Å². The minimum absolute atomic E-state index is 0.165. The summed E-state index contributed by atoms with van der Waals surface area (Å²) < 4.78 is 5.13. The second-order valence-corrected chi connectivity index (χ2v) is 5.75. The van der Waals surface area contributed by atoms with E-state index in [9.17, 15) is 4.79 Å². The third-order valence-corrected chi connectivity index (χ3v) is 4.30. The van der Waals surface area contributed by atoms with Gasteiger partial charge in [0.1, 0.15) is 5.75 Å². The van der Waals surface area contributed by atoms with Crippen LogP contribution >= 0.6 is 0 Å². The van der Waals surface area contributed by atoms with Gasteiger partial charge < -0.3 is 15.4 Å². The van der Waals surface area contributed by atoms with Gasteiger partial charge in [0.2, 0.25) is 5.91 Å². The molecule has 0 bridgehead atoms. The first-order chi connectivity index (χ1) is 10.2. The summed E-state index contributed by atoms with van der Waals surface area (Å²) in [5, 5.41) is 6.48. The van der Waals surface area contributed by atoms with Crippen molar-refractivity contribution in [2.24, 2.45) is 0 Å². The summed E-state index contributed by atoms with van der Waals surface area (Å²) in [5.74, 6) is 1.02. The maximum Gasteiger partial charge on any atom is 0.220 e. The van der Waals surface area contributed by atoms with Crippen molar-refractivity contribution >= 4 is 5.91 Å². The van der Waals surface area contributed by atoms with E-state index >= 15 is 0 Å². The molecule has 0 aromatic heterocycles. The van der Waals surface area contributed by atoms with Crippen LogP contribution in [0, 0.1) is 0 Å². The van der Waals surface area contributed by atoms with Gasteiger partial charge in [-0.2, -0.15) is 0 Å². The van der Waals surface area contributed by atoms with Crippen LogP contribution in [0.4, 0.5) is 0 Å². The number of rotatable bonds is 6. The summed E-state index contributed by atoms with van der Waals surface area (Å²) in [5.41, 5.74) is 1.17. The predicted octanol–water partition coefficient (Wildman–Crippen LogP) is 2.27. The Hall–Kier alpha value is -1.55. The quantitative estimate of drug-likeness (QED) is 0.845. The lowest BCUT2D eigenvalue weighted by Crippen LogP contribution is -2.41. The molecule has 1 aliphatic rings. The topological polar surface area (TPSA) is 50.4 Å². The van der Waals surface area contributed by atoms with Gasteiger partial charge in [-0.05, 0) is 56.8 Å². The molecule has 1 saturated carbocycles. The number of amides is 1. The lowest BCUT2D eigenvalue weighted by Gasteiger charge is -2.28. The summed E-state index contributed by atoms with van der Waals surface area (Å²) in [6.45, 7) is 0. The first-order valence-electron chi connectivity index (χ1n) is 7.81. The van der Waals surface area contributed by atoms with Crippen LogP contribution in [0.3, 0.4) is 0 Å². The van der Waals surface area contributed by atoms with Gasteiger partial charge in [0.05, 0.1) is 7.11 Å². The zero-order chi connectivity index (χ0) is 15.1. The Morgan fingerprint density at radius 3 is 2.33 bits per heavy atom. The van der Waals surface area contributed by atoms with Crippen LogP contribution < -0.4 is 15.4 Å². The average Bonchev–Trinajstić information content (AvgIpc) is 2.54. The van der Waals surface area contributed by atoms with E-state index < -0.39 is 0 Å². The van der Waals surface area contributed by atoms with Gasteiger partial charge in [-0.25, -0.2) is 0 Å². The molecule has 1 aromatic carbocycles. The van der Waals surface area contributed by atoms with Gasteiger partial charge in [0.15, 0.2) is 0 Å². The third-order valence-electron chi connectivity index (χ3n) is 4.30. The number of carbonyl (C=O) groups excluding carboxylic acids is 1. The summed E-state index contributed by atoms with van der Waals surface area (Å²) in [6.07, 6.45) is 5.80. The number of methoxy groups -OCH3 is 1. The molecule has 0 heterocycles. The SMILES string of the molecule is CNC1CCC(NC(=O)CCc2ccc(OC)cc2)CC1. The van der Waals surface area contributed by atoms with E-state index in [4.69, 9.17) is 4.74 Å². The van der Waals surface area contributed by atoms with Gasteiger partial charge in [-0.3, -0.25) is 4.79 Å². The molecule has 0 unspecified atom stereocenters. The number of nitrogens with one attached hydrogen (secondary N) is 2. The molecule has 0 spiro atoms. The van der Waals surface area contributed by atoms with Gasteiger partial charge in [-0.15, -0.1) is 0 Å². The average molecular weight is 290 g/mol. The third kappa shape index (κ3) is 5.05. The van der Waals surface area contributed by atoms with Crippen molar-refractivity contribution in [3.8, 4) is 5.75 Å². The number of ether oxygens (including phenoxy) is 1. The highest BCUT2D eigenvalue weighted by molar-refractivity contribution is 5.76. The molecule has 0 saturated heterocycles. The maximum absolute atomic E-state index is 12.0. The number of benzene rings is 1. The smallest absolute Gasteiger partial charge is 0.220 e. The fraction of sp³-hybridized carbons (Fsp3) is 0.588. The molecule has 4 nitrogen and oxygen atoms in total. The summed E-state index contributed by atoms with van der Waals surface area (Å²) in [6, 6.07) is 8.89. The lowest BCUT2D eigenvalue weighted by atomic mass is 9.91. The van der Waals surface area contributed by atoms with E-state index in [2.05, 4.69) is 10.6 Å². The van der Waals surface area contributed by atoms with Crippen molar-refractivity contribution in [1.29, 1.82) is 0 Å². The summed E-state index contributed by atoms with van der Waals surface area (Å²) in [4.78, 5) is 12.0. The molecule has 1 amide bonds. The Morgan fingerprint density at radius 2 is 1.76 bits per heavy atom. The number of carbonyl (C=O) groups is 1.